The van der Waals surface area contributed by atoms with E-state index in [0.717, 1.165) is 49.6 Å². The van der Waals surface area contributed by atoms with Crippen LogP contribution in [0.5, 0.6) is 0 Å². The molecule has 1 aromatic carbocycles. The molecule has 1 aliphatic heterocycles. The number of halogens is 1. The fourth-order valence-electron chi connectivity index (χ4n) is 7.49. The molecule has 7 nitrogen and oxygen atoms in total. The molecule has 0 spiro atoms. The normalized spacial score (nSPS) is 38.7. The van der Waals surface area contributed by atoms with Crippen LogP contribution in [0.25, 0.3) is 11.0 Å². The maximum Gasteiger partial charge on any atom is 0.407 e. The quantitative estimate of drug-likeness (QED) is 0.664. The first-order valence-corrected chi connectivity index (χ1v) is 11.7. The molecular formula is C23H27ClN4O3. The Morgan fingerprint density at radius 2 is 1.97 bits per heavy atom. The van der Waals surface area contributed by atoms with E-state index in [-0.39, 0.29) is 12.1 Å². The van der Waals surface area contributed by atoms with E-state index in [1.807, 2.05) is 6.07 Å². The van der Waals surface area contributed by atoms with Gasteiger partial charge in [0.2, 0.25) is 0 Å². The van der Waals surface area contributed by atoms with Gasteiger partial charge in [-0.05, 0) is 80.4 Å². The second-order valence-corrected chi connectivity index (χ2v) is 10.6. The van der Waals surface area contributed by atoms with Gasteiger partial charge in [0.25, 0.3) is 0 Å². The summed E-state index contributed by atoms with van der Waals surface area (Å²) in [5.41, 5.74) is 0.978. The van der Waals surface area contributed by atoms with Gasteiger partial charge in [0, 0.05) is 11.6 Å². The number of aromatic nitrogens is 2. The summed E-state index contributed by atoms with van der Waals surface area (Å²) in [6.07, 6.45) is 6.42. The molecule has 31 heavy (non-hydrogen) atoms. The summed E-state index contributed by atoms with van der Waals surface area (Å²) in [6, 6.07) is 5.33. The first kappa shape index (κ1) is 19.6. The van der Waals surface area contributed by atoms with E-state index in [0.29, 0.717) is 41.1 Å². The van der Waals surface area contributed by atoms with Crippen molar-refractivity contribution in [2.75, 3.05) is 11.9 Å². The van der Waals surface area contributed by atoms with Gasteiger partial charge in [-0.3, -0.25) is 4.98 Å². The van der Waals surface area contributed by atoms with Crippen molar-refractivity contribution in [2.24, 2.45) is 23.7 Å². The first-order chi connectivity index (χ1) is 14.9. The molecule has 3 N–H and O–H groups in total. The Kier molecular flexibility index (Phi) is 4.38. The number of amides is 1. The number of nitrogens with one attached hydrogen (secondary N) is 1. The Morgan fingerprint density at radius 1 is 1.19 bits per heavy atom. The smallest absolute Gasteiger partial charge is 0.407 e. The van der Waals surface area contributed by atoms with Crippen LogP contribution < -0.4 is 5.32 Å². The Hall–Kier alpha value is -2.12. The number of carboxylic acid groups (broad SMARTS) is 1. The van der Waals surface area contributed by atoms with Crippen molar-refractivity contribution in [2.45, 2.75) is 56.2 Å². The summed E-state index contributed by atoms with van der Waals surface area (Å²) in [5.74, 6) is 2.35. The summed E-state index contributed by atoms with van der Waals surface area (Å²) in [4.78, 5) is 22.9. The van der Waals surface area contributed by atoms with Crippen LogP contribution in [0.15, 0.2) is 24.4 Å². The van der Waals surface area contributed by atoms with Crippen LogP contribution in [-0.2, 0) is 0 Å². The molecule has 5 fully saturated rings. The molecule has 1 saturated heterocycles. The number of benzene rings is 1. The van der Waals surface area contributed by atoms with Gasteiger partial charge in [0.15, 0.2) is 0 Å². The number of hydrogen-bond donors (Lipinski definition) is 3. The van der Waals surface area contributed by atoms with E-state index < -0.39 is 11.7 Å². The van der Waals surface area contributed by atoms with Gasteiger partial charge in [0.05, 0.1) is 34.9 Å². The lowest BCUT2D eigenvalue weighted by Crippen LogP contribution is -2.61. The SMILES string of the molecule is O=C(O)N1CCC(Nc2cnc3cc(Cl)ccc3n2)[C@H]1C1C2CC3C[C@H]1CC(O)(C3)C2. The number of nitrogens with zero attached hydrogens (tertiary/aromatic N) is 3. The lowest BCUT2D eigenvalue weighted by molar-refractivity contribution is -0.162. The molecule has 4 bridgehead atoms. The summed E-state index contributed by atoms with van der Waals surface area (Å²) in [5, 5.41) is 25.1. The lowest BCUT2D eigenvalue weighted by Gasteiger charge is -2.60. The molecule has 2 aromatic rings. The van der Waals surface area contributed by atoms with E-state index in [1.165, 1.54) is 0 Å². The molecule has 164 valence electrons. The molecule has 1 amide bonds. The third-order valence-electron chi connectivity index (χ3n) is 8.24. The number of aliphatic hydroxyl groups is 1. The van der Waals surface area contributed by atoms with Crippen LogP contribution in [0.3, 0.4) is 0 Å². The van der Waals surface area contributed by atoms with Crippen LogP contribution in [-0.4, -0.2) is 55.4 Å². The maximum absolute atomic E-state index is 12.1. The highest BCUT2D eigenvalue weighted by Gasteiger charge is 2.59. The molecule has 7 rings (SSSR count). The second kappa shape index (κ2) is 6.94. The van der Waals surface area contributed by atoms with Gasteiger partial charge in [0.1, 0.15) is 5.82 Å². The van der Waals surface area contributed by atoms with E-state index in [1.54, 1.807) is 23.2 Å². The molecule has 4 saturated carbocycles. The van der Waals surface area contributed by atoms with Crippen molar-refractivity contribution in [3.8, 4) is 0 Å². The Labute approximate surface area is 185 Å². The number of likely N-dealkylation sites (tertiary alicyclic amines) is 1. The van der Waals surface area contributed by atoms with Crippen LogP contribution in [0.4, 0.5) is 10.6 Å². The number of anilines is 1. The van der Waals surface area contributed by atoms with Crippen LogP contribution in [0.1, 0.15) is 38.5 Å². The van der Waals surface area contributed by atoms with E-state index in [9.17, 15) is 15.0 Å². The summed E-state index contributed by atoms with van der Waals surface area (Å²) in [6.45, 7) is 0.526. The van der Waals surface area contributed by atoms with E-state index in [4.69, 9.17) is 16.6 Å². The van der Waals surface area contributed by atoms with Crippen LogP contribution in [0, 0.1) is 23.7 Å². The molecular weight excluding hydrogens is 416 g/mol. The van der Waals surface area contributed by atoms with Crippen molar-refractivity contribution in [3.63, 3.8) is 0 Å². The van der Waals surface area contributed by atoms with Crippen molar-refractivity contribution in [3.05, 3.63) is 29.4 Å². The molecule has 1 aromatic heterocycles. The van der Waals surface area contributed by atoms with Gasteiger partial charge >= 0.3 is 6.09 Å². The number of rotatable bonds is 3. The fraction of sp³-hybridized carbons (Fsp3) is 0.609. The highest BCUT2D eigenvalue weighted by atomic mass is 35.5. The maximum atomic E-state index is 12.1. The number of fused-ring (bicyclic) bond motifs is 1. The predicted octanol–water partition coefficient (Wildman–Crippen LogP) is 4.00. The highest BCUT2D eigenvalue weighted by molar-refractivity contribution is 6.31. The van der Waals surface area contributed by atoms with Crippen molar-refractivity contribution < 1.29 is 15.0 Å². The van der Waals surface area contributed by atoms with Crippen molar-refractivity contribution in [1.29, 1.82) is 0 Å². The third kappa shape index (κ3) is 3.24. The largest absolute Gasteiger partial charge is 0.465 e. The lowest BCUT2D eigenvalue weighted by atomic mass is 9.48. The molecule has 7 atom stereocenters. The monoisotopic (exact) mass is 442 g/mol. The van der Waals surface area contributed by atoms with Gasteiger partial charge in [-0.25, -0.2) is 9.78 Å². The van der Waals surface area contributed by atoms with Crippen molar-refractivity contribution >= 4 is 34.5 Å². The van der Waals surface area contributed by atoms with E-state index >= 15 is 0 Å². The zero-order valence-electron chi connectivity index (χ0n) is 17.2. The van der Waals surface area contributed by atoms with Crippen molar-refractivity contribution in [1.82, 2.24) is 14.9 Å². The topological polar surface area (TPSA) is 98.6 Å². The van der Waals surface area contributed by atoms with Gasteiger partial charge < -0.3 is 20.4 Å². The molecule has 5 aliphatic rings. The first-order valence-electron chi connectivity index (χ1n) is 11.3. The molecule has 0 radical (unpaired) electrons. The standard InChI is InChI=1S/C23H27ClN4O3/c24-15-1-2-16-18(7-15)25-11-19(26-16)27-17-3-4-28(22(29)30)21(17)20-13-5-12-6-14(20)10-23(31,8-12)9-13/h1-2,7,11-14,17,20-21,31H,3-6,8-10H2,(H,26,27)(H,29,30)/t12?,13-,14?,17?,20?,21-,23?/m0/s1. The fourth-order valence-corrected chi connectivity index (χ4v) is 7.66. The van der Waals surface area contributed by atoms with Gasteiger partial charge in [-0.15, -0.1) is 0 Å². The molecule has 2 heterocycles. The third-order valence-corrected chi connectivity index (χ3v) is 8.48. The zero-order chi connectivity index (χ0) is 21.3. The minimum absolute atomic E-state index is 0.00711. The zero-order valence-corrected chi connectivity index (χ0v) is 18.0. The molecule has 8 heteroatoms. The minimum Gasteiger partial charge on any atom is -0.465 e. The second-order valence-electron chi connectivity index (χ2n) is 10.2. The Bertz CT molecular complexity index is 1030. The molecule has 5 unspecified atom stereocenters. The predicted molar refractivity (Wildman–Crippen MR) is 117 cm³/mol. The number of hydrogen-bond acceptors (Lipinski definition) is 5. The Balaban J connectivity index is 1.30. The molecule has 4 aliphatic carbocycles. The minimum atomic E-state index is -0.846. The number of carbonyl (C=O) groups is 1. The van der Waals surface area contributed by atoms with E-state index in [2.05, 4.69) is 10.3 Å². The Morgan fingerprint density at radius 3 is 2.68 bits per heavy atom. The highest BCUT2D eigenvalue weighted by Crippen LogP contribution is 2.60. The summed E-state index contributed by atoms with van der Waals surface area (Å²) >= 11 is 6.05. The average Bonchev–Trinajstić information content (AvgIpc) is 3.10. The van der Waals surface area contributed by atoms with Gasteiger partial charge in [-0.1, -0.05) is 11.6 Å². The van der Waals surface area contributed by atoms with Crippen LogP contribution >= 0.6 is 11.6 Å². The summed E-state index contributed by atoms with van der Waals surface area (Å²) < 4.78 is 0. The summed E-state index contributed by atoms with van der Waals surface area (Å²) in [7, 11) is 0. The van der Waals surface area contributed by atoms with Crippen LogP contribution in [0.2, 0.25) is 5.02 Å². The van der Waals surface area contributed by atoms with Gasteiger partial charge in [-0.2, -0.15) is 0 Å². The average molecular weight is 443 g/mol.